The smallest absolute Gasteiger partial charge is 0.406 e. The van der Waals surface area contributed by atoms with Crippen LogP contribution in [0.4, 0.5) is 24.5 Å². The highest BCUT2D eigenvalue weighted by Gasteiger charge is 2.31. The van der Waals surface area contributed by atoms with Crippen LogP contribution in [0.15, 0.2) is 42.5 Å². The van der Waals surface area contributed by atoms with E-state index in [4.69, 9.17) is 0 Å². The summed E-state index contributed by atoms with van der Waals surface area (Å²) in [6.07, 6.45) is -4.78. The number of aryl methyl sites for hydroxylation is 1. The minimum Gasteiger partial charge on any atom is -0.406 e. The number of nitrogens with zero attached hydrogens (tertiary/aromatic N) is 1. The first-order chi connectivity index (χ1) is 14.0. The normalized spacial score (nSPS) is 12.4. The standard InChI is InChI=1S/C21H24F3N3O3/c1-13-6-5-7-18(14(13)2)26-19(28)12-27(4)15(3)20(29)25-16-8-10-17(11-9-16)30-21(22,23)24/h5-11,15H,12H2,1-4H3,(H,25,29)(H,26,28). The average Bonchev–Trinajstić information content (AvgIpc) is 2.65. The summed E-state index contributed by atoms with van der Waals surface area (Å²) in [6.45, 7) is 5.48. The Morgan fingerprint density at radius 1 is 1.07 bits per heavy atom. The third kappa shape index (κ3) is 6.77. The first kappa shape index (κ1) is 23.2. The van der Waals surface area contributed by atoms with Gasteiger partial charge in [0.1, 0.15) is 5.75 Å². The Balaban J connectivity index is 1.90. The molecule has 0 aliphatic rings. The molecule has 0 radical (unpaired) electrons. The second-order valence-electron chi connectivity index (χ2n) is 6.95. The van der Waals surface area contributed by atoms with E-state index in [2.05, 4.69) is 15.4 Å². The van der Waals surface area contributed by atoms with Crippen LogP contribution in [0.2, 0.25) is 0 Å². The maximum absolute atomic E-state index is 12.4. The van der Waals surface area contributed by atoms with Crippen molar-refractivity contribution in [2.45, 2.75) is 33.2 Å². The number of carbonyl (C=O) groups is 2. The van der Waals surface area contributed by atoms with Gasteiger partial charge < -0.3 is 15.4 Å². The molecule has 2 N–H and O–H groups in total. The molecule has 2 amide bonds. The Labute approximate surface area is 173 Å². The summed E-state index contributed by atoms with van der Waals surface area (Å²) < 4.78 is 40.4. The Morgan fingerprint density at radius 2 is 1.70 bits per heavy atom. The Hall–Kier alpha value is -3.07. The van der Waals surface area contributed by atoms with Crippen LogP contribution >= 0.6 is 0 Å². The van der Waals surface area contributed by atoms with E-state index in [1.165, 1.54) is 12.1 Å². The number of amides is 2. The lowest BCUT2D eigenvalue weighted by Crippen LogP contribution is -2.43. The monoisotopic (exact) mass is 423 g/mol. The van der Waals surface area contributed by atoms with Crippen molar-refractivity contribution in [2.24, 2.45) is 0 Å². The number of hydrogen-bond donors (Lipinski definition) is 2. The molecule has 30 heavy (non-hydrogen) atoms. The molecule has 0 bridgehead atoms. The first-order valence-electron chi connectivity index (χ1n) is 9.19. The fourth-order valence-corrected chi connectivity index (χ4v) is 2.63. The topological polar surface area (TPSA) is 70.7 Å². The van der Waals surface area contributed by atoms with Gasteiger partial charge in [0.25, 0.3) is 0 Å². The molecule has 0 aliphatic heterocycles. The molecular weight excluding hydrogens is 399 g/mol. The Bertz CT molecular complexity index is 899. The van der Waals surface area contributed by atoms with Crippen molar-refractivity contribution in [1.29, 1.82) is 0 Å². The van der Waals surface area contributed by atoms with E-state index in [-0.39, 0.29) is 18.2 Å². The number of benzene rings is 2. The van der Waals surface area contributed by atoms with Crippen LogP contribution in [0, 0.1) is 13.8 Å². The van der Waals surface area contributed by atoms with Gasteiger partial charge in [0, 0.05) is 11.4 Å². The van der Waals surface area contributed by atoms with E-state index in [9.17, 15) is 22.8 Å². The molecule has 1 unspecified atom stereocenters. The SMILES string of the molecule is Cc1cccc(NC(=O)CN(C)C(C)C(=O)Nc2ccc(OC(F)(F)F)cc2)c1C. The zero-order chi connectivity index (χ0) is 22.5. The van der Waals surface area contributed by atoms with Crippen molar-refractivity contribution in [2.75, 3.05) is 24.2 Å². The van der Waals surface area contributed by atoms with Crippen LogP contribution in [0.3, 0.4) is 0 Å². The van der Waals surface area contributed by atoms with E-state index in [1.54, 1.807) is 18.9 Å². The van der Waals surface area contributed by atoms with E-state index in [0.717, 1.165) is 23.3 Å². The third-order valence-corrected chi connectivity index (χ3v) is 4.67. The molecule has 0 heterocycles. The predicted molar refractivity (Wildman–Crippen MR) is 108 cm³/mol. The largest absolute Gasteiger partial charge is 0.573 e. The molecule has 2 aromatic carbocycles. The summed E-state index contributed by atoms with van der Waals surface area (Å²) in [5.74, 6) is -1.05. The number of nitrogens with one attached hydrogen (secondary N) is 2. The van der Waals surface area contributed by atoms with Gasteiger partial charge in [-0.1, -0.05) is 12.1 Å². The van der Waals surface area contributed by atoms with Gasteiger partial charge in [-0.2, -0.15) is 0 Å². The van der Waals surface area contributed by atoms with Gasteiger partial charge in [-0.15, -0.1) is 13.2 Å². The van der Waals surface area contributed by atoms with Crippen LogP contribution in [0.1, 0.15) is 18.1 Å². The van der Waals surface area contributed by atoms with E-state index in [0.29, 0.717) is 11.4 Å². The van der Waals surface area contributed by atoms with Crippen molar-refractivity contribution in [3.05, 3.63) is 53.6 Å². The molecule has 2 rings (SSSR count). The quantitative estimate of drug-likeness (QED) is 0.704. The summed E-state index contributed by atoms with van der Waals surface area (Å²) in [5.41, 5.74) is 3.05. The highest BCUT2D eigenvalue weighted by atomic mass is 19.4. The number of hydrogen-bond acceptors (Lipinski definition) is 4. The van der Waals surface area contributed by atoms with Gasteiger partial charge in [-0.3, -0.25) is 14.5 Å². The van der Waals surface area contributed by atoms with E-state index < -0.39 is 18.3 Å². The van der Waals surface area contributed by atoms with Crippen molar-refractivity contribution < 1.29 is 27.5 Å². The average molecular weight is 423 g/mol. The summed E-state index contributed by atoms with van der Waals surface area (Å²) in [7, 11) is 1.63. The first-order valence-corrected chi connectivity index (χ1v) is 9.19. The summed E-state index contributed by atoms with van der Waals surface area (Å²) in [6, 6.07) is 9.78. The lowest BCUT2D eigenvalue weighted by atomic mass is 10.1. The molecule has 9 heteroatoms. The highest BCUT2D eigenvalue weighted by Crippen LogP contribution is 2.24. The molecule has 0 aliphatic carbocycles. The zero-order valence-electron chi connectivity index (χ0n) is 17.1. The minimum atomic E-state index is -4.78. The molecule has 0 aromatic heterocycles. The number of rotatable bonds is 7. The predicted octanol–water partition coefficient (Wildman–Crippen LogP) is 4.10. The number of likely N-dealkylation sites (N-methyl/N-ethyl adjacent to an activating group) is 1. The van der Waals surface area contributed by atoms with Gasteiger partial charge in [0.15, 0.2) is 0 Å². The van der Waals surface area contributed by atoms with Crippen LogP contribution in [-0.2, 0) is 9.59 Å². The van der Waals surface area contributed by atoms with E-state index >= 15 is 0 Å². The fraction of sp³-hybridized carbons (Fsp3) is 0.333. The lowest BCUT2D eigenvalue weighted by Gasteiger charge is -2.23. The fourth-order valence-electron chi connectivity index (χ4n) is 2.63. The number of ether oxygens (including phenoxy) is 1. The van der Waals surface area contributed by atoms with E-state index in [1.807, 2.05) is 32.0 Å². The highest BCUT2D eigenvalue weighted by molar-refractivity contribution is 5.96. The molecule has 2 aromatic rings. The Kier molecular flexibility index (Phi) is 7.44. The van der Waals surface area contributed by atoms with Crippen molar-refractivity contribution in [3.8, 4) is 5.75 Å². The van der Waals surface area contributed by atoms with Crippen LogP contribution in [0.25, 0.3) is 0 Å². The zero-order valence-corrected chi connectivity index (χ0v) is 17.1. The number of carbonyl (C=O) groups excluding carboxylic acids is 2. The minimum absolute atomic E-state index is 0.0136. The maximum Gasteiger partial charge on any atom is 0.573 e. The molecule has 1 atom stereocenters. The summed E-state index contributed by atoms with van der Waals surface area (Å²) >= 11 is 0. The molecule has 6 nitrogen and oxygen atoms in total. The van der Waals surface area contributed by atoms with Gasteiger partial charge in [-0.25, -0.2) is 0 Å². The molecule has 0 saturated heterocycles. The van der Waals surface area contributed by atoms with Gasteiger partial charge in [0.2, 0.25) is 11.8 Å². The number of alkyl halides is 3. The third-order valence-electron chi connectivity index (χ3n) is 4.67. The van der Waals surface area contributed by atoms with Crippen molar-refractivity contribution >= 4 is 23.2 Å². The second kappa shape index (κ2) is 9.62. The van der Waals surface area contributed by atoms with Gasteiger partial charge in [-0.05, 0) is 69.3 Å². The number of anilines is 2. The maximum atomic E-state index is 12.4. The van der Waals surface area contributed by atoms with Crippen molar-refractivity contribution in [1.82, 2.24) is 4.90 Å². The number of halogens is 3. The molecule has 162 valence electrons. The van der Waals surface area contributed by atoms with Gasteiger partial charge in [0.05, 0.1) is 12.6 Å². The second-order valence-corrected chi connectivity index (χ2v) is 6.95. The van der Waals surface area contributed by atoms with Crippen LogP contribution in [-0.4, -0.2) is 42.7 Å². The van der Waals surface area contributed by atoms with Crippen LogP contribution < -0.4 is 15.4 Å². The van der Waals surface area contributed by atoms with Crippen molar-refractivity contribution in [3.63, 3.8) is 0 Å². The lowest BCUT2D eigenvalue weighted by molar-refractivity contribution is -0.274. The molecule has 0 fully saturated rings. The molecular formula is C21H24F3N3O3. The summed E-state index contributed by atoms with van der Waals surface area (Å²) in [4.78, 5) is 26.3. The molecule has 0 spiro atoms. The summed E-state index contributed by atoms with van der Waals surface area (Å²) in [5, 5.41) is 5.44. The molecule has 0 saturated carbocycles. The Morgan fingerprint density at radius 3 is 2.30 bits per heavy atom. The van der Waals surface area contributed by atoms with Gasteiger partial charge >= 0.3 is 6.36 Å². The van der Waals surface area contributed by atoms with Crippen LogP contribution in [0.5, 0.6) is 5.75 Å².